The van der Waals surface area contributed by atoms with Gasteiger partial charge in [0.25, 0.3) is 0 Å². The molecular formula is C15H22N2O2. The van der Waals surface area contributed by atoms with E-state index >= 15 is 0 Å². The topological polar surface area (TPSA) is 64.3 Å². The summed E-state index contributed by atoms with van der Waals surface area (Å²) in [5.74, 6) is 0.777. The largest absolute Gasteiger partial charge is 0.494 e. The lowest BCUT2D eigenvalue weighted by Crippen LogP contribution is -2.51. The number of carbonyl (C=O) groups is 1. The highest BCUT2D eigenvalue weighted by molar-refractivity contribution is 5.86. The van der Waals surface area contributed by atoms with Crippen LogP contribution < -0.4 is 15.8 Å². The lowest BCUT2D eigenvalue weighted by molar-refractivity contribution is -0.126. The van der Waals surface area contributed by atoms with Crippen molar-refractivity contribution in [2.75, 3.05) is 6.61 Å². The molecule has 0 aromatic heterocycles. The van der Waals surface area contributed by atoms with Crippen LogP contribution in [0.1, 0.15) is 38.2 Å². The summed E-state index contributed by atoms with van der Waals surface area (Å²) >= 11 is 0. The first kappa shape index (κ1) is 13.9. The zero-order valence-corrected chi connectivity index (χ0v) is 11.4. The minimum absolute atomic E-state index is 0.0451. The number of carbonyl (C=O) groups excluding carboxylic acids is 1. The molecule has 0 aliphatic heterocycles. The molecule has 104 valence electrons. The van der Waals surface area contributed by atoms with Gasteiger partial charge in [0.15, 0.2) is 0 Å². The summed E-state index contributed by atoms with van der Waals surface area (Å²) in [7, 11) is 0. The van der Waals surface area contributed by atoms with Crippen molar-refractivity contribution in [1.82, 2.24) is 5.32 Å². The molecule has 1 fully saturated rings. The number of para-hydroxylation sites is 1. The zero-order chi connectivity index (χ0) is 13.7. The molecule has 3 N–H and O–H groups in total. The van der Waals surface area contributed by atoms with E-state index < -0.39 is 5.54 Å². The van der Waals surface area contributed by atoms with Crippen LogP contribution in [0.4, 0.5) is 0 Å². The van der Waals surface area contributed by atoms with E-state index in [9.17, 15) is 4.79 Å². The van der Waals surface area contributed by atoms with Gasteiger partial charge in [-0.2, -0.15) is 0 Å². The van der Waals surface area contributed by atoms with Gasteiger partial charge in [-0.25, -0.2) is 0 Å². The minimum atomic E-state index is -0.666. The van der Waals surface area contributed by atoms with Crippen LogP contribution in [0.5, 0.6) is 5.75 Å². The highest BCUT2D eigenvalue weighted by Crippen LogP contribution is 2.27. The normalized spacial score (nSPS) is 17.2. The standard InChI is InChI=1S/C15H22N2O2/c1-2-19-13-8-4-3-7-12(13)11-17-14(18)15(16)9-5-6-10-15/h3-4,7-8H,2,5-6,9-11,16H2,1H3,(H,17,18). The number of rotatable bonds is 5. The molecule has 1 aromatic rings. The summed E-state index contributed by atoms with van der Waals surface area (Å²) in [4.78, 5) is 12.1. The maximum atomic E-state index is 12.1. The van der Waals surface area contributed by atoms with Crippen LogP contribution in [-0.2, 0) is 11.3 Å². The van der Waals surface area contributed by atoms with Gasteiger partial charge in [0.1, 0.15) is 5.75 Å². The van der Waals surface area contributed by atoms with Crippen LogP contribution in [0, 0.1) is 0 Å². The number of amides is 1. The molecule has 0 bridgehead atoms. The Hall–Kier alpha value is -1.55. The molecule has 1 amide bonds. The summed E-state index contributed by atoms with van der Waals surface area (Å²) in [5, 5.41) is 2.94. The molecule has 1 aliphatic carbocycles. The van der Waals surface area contributed by atoms with Crippen LogP contribution >= 0.6 is 0 Å². The predicted octanol–water partition coefficient (Wildman–Crippen LogP) is 1.97. The van der Waals surface area contributed by atoms with E-state index in [1.165, 1.54) is 0 Å². The Kier molecular flexibility index (Phi) is 4.43. The van der Waals surface area contributed by atoms with Crippen molar-refractivity contribution in [2.24, 2.45) is 5.73 Å². The first-order valence-corrected chi connectivity index (χ1v) is 6.93. The zero-order valence-electron chi connectivity index (χ0n) is 11.4. The second kappa shape index (κ2) is 6.06. The molecule has 2 rings (SSSR count). The van der Waals surface area contributed by atoms with Crippen molar-refractivity contribution in [3.8, 4) is 5.75 Å². The summed E-state index contributed by atoms with van der Waals surface area (Å²) in [6.45, 7) is 3.03. The number of ether oxygens (including phenoxy) is 1. The first-order valence-electron chi connectivity index (χ1n) is 6.93. The minimum Gasteiger partial charge on any atom is -0.494 e. The van der Waals surface area contributed by atoms with Gasteiger partial charge in [-0.3, -0.25) is 4.79 Å². The molecular weight excluding hydrogens is 240 g/mol. The molecule has 0 radical (unpaired) electrons. The molecule has 0 spiro atoms. The van der Waals surface area contributed by atoms with Crippen LogP contribution in [0.15, 0.2) is 24.3 Å². The lowest BCUT2D eigenvalue weighted by atomic mass is 9.98. The third kappa shape index (κ3) is 3.26. The van der Waals surface area contributed by atoms with E-state index in [0.29, 0.717) is 13.2 Å². The molecule has 0 unspecified atom stereocenters. The van der Waals surface area contributed by atoms with Gasteiger partial charge >= 0.3 is 0 Å². The first-order chi connectivity index (χ1) is 9.15. The third-order valence-electron chi connectivity index (χ3n) is 3.66. The van der Waals surface area contributed by atoms with Crippen LogP contribution in [0.2, 0.25) is 0 Å². The molecule has 0 saturated heterocycles. The van der Waals surface area contributed by atoms with Gasteiger partial charge in [0.05, 0.1) is 12.1 Å². The van der Waals surface area contributed by atoms with Gasteiger partial charge in [-0.05, 0) is 25.8 Å². The van der Waals surface area contributed by atoms with Crippen LogP contribution in [0.3, 0.4) is 0 Å². The fraction of sp³-hybridized carbons (Fsp3) is 0.533. The van der Waals surface area contributed by atoms with Crippen molar-refractivity contribution in [2.45, 2.75) is 44.7 Å². The van der Waals surface area contributed by atoms with E-state index in [1.807, 2.05) is 31.2 Å². The maximum absolute atomic E-state index is 12.1. The molecule has 1 saturated carbocycles. The van der Waals surface area contributed by atoms with Gasteiger partial charge in [0, 0.05) is 12.1 Å². The fourth-order valence-corrected chi connectivity index (χ4v) is 2.53. The van der Waals surface area contributed by atoms with E-state index in [0.717, 1.165) is 37.0 Å². The van der Waals surface area contributed by atoms with Crippen molar-refractivity contribution in [3.05, 3.63) is 29.8 Å². The Morgan fingerprint density at radius 3 is 2.74 bits per heavy atom. The molecule has 1 aliphatic rings. The summed E-state index contributed by atoms with van der Waals surface area (Å²) in [5.41, 5.74) is 6.44. The van der Waals surface area contributed by atoms with E-state index in [1.54, 1.807) is 0 Å². The van der Waals surface area contributed by atoms with Gasteiger partial charge in [0.2, 0.25) is 5.91 Å². The molecule has 0 atom stereocenters. The summed E-state index contributed by atoms with van der Waals surface area (Å²) in [6, 6.07) is 7.75. The van der Waals surface area contributed by atoms with E-state index in [-0.39, 0.29) is 5.91 Å². The van der Waals surface area contributed by atoms with Crippen LogP contribution in [0.25, 0.3) is 0 Å². The second-order valence-electron chi connectivity index (χ2n) is 5.09. The molecule has 4 heteroatoms. The van der Waals surface area contributed by atoms with E-state index in [2.05, 4.69) is 5.32 Å². The molecule has 1 aromatic carbocycles. The molecule has 19 heavy (non-hydrogen) atoms. The Morgan fingerprint density at radius 2 is 2.05 bits per heavy atom. The Balaban J connectivity index is 1.97. The van der Waals surface area contributed by atoms with Gasteiger partial charge in [-0.15, -0.1) is 0 Å². The number of nitrogens with one attached hydrogen (secondary N) is 1. The van der Waals surface area contributed by atoms with E-state index in [4.69, 9.17) is 10.5 Å². The average molecular weight is 262 g/mol. The van der Waals surface area contributed by atoms with Crippen LogP contribution in [-0.4, -0.2) is 18.1 Å². The number of nitrogens with two attached hydrogens (primary N) is 1. The lowest BCUT2D eigenvalue weighted by Gasteiger charge is -2.22. The van der Waals surface area contributed by atoms with Crippen molar-refractivity contribution in [1.29, 1.82) is 0 Å². The monoisotopic (exact) mass is 262 g/mol. The second-order valence-corrected chi connectivity index (χ2v) is 5.09. The fourth-order valence-electron chi connectivity index (χ4n) is 2.53. The van der Waals surface area contributed by atoms with Gasteiger partial charge in [-0.1, -0.05) is 31.0 Å². The van der Waals surface area contributed by atoms with Gasteiger partial charge < -0.3 is 15.8 Å². The average Bonchev–Trinajstić information content (AvgIpc) is 2.86. The number of hydrogen-bond acceptors (Lipinski definition) is 3. The Bertz CT molecular complexity index is 440. The quantitative estimate of drug-likeness (QED) is 0.852. The summed E-state index contributed by atoms with van der Waals surface area (Å²) in [6.07, 6.45) is 3.65. The summed E-state index contributed by atoms with van der Waals surface area (Å²) < 4.78 is 5.54. The van der Waals surface area contributed by atoms with Crippen molar-refractivity contribution >= 4 is 5.91 Å². The smallest absolute Gasteiger partial charge is 0.240 e. The highest BCUT2D eigenvalue weighted by atomic mass is 16.5. The van der Waals surface area contributed by atoms with Crippen molar-refractivity contribution in [3.63, 3.8) is 0 Å². The molecule has 0 heterocycles. The maximum Gasteiger partial charge on any atom is 0.240 e. The Morgan fingerprint density at radius 1 is 1.37 bits per heavy atom. The number of benzene rings is 1. The third-order valence-corrected chi connectivity index (χ3v) is 3.66. The molecule has 4 nitrogen and oxygen atoms in total. The SMILES string of the molecule is CCOc1ccccc1CNC(=O)C1(N)CCCC1. The number of hydrogen-bond donors (Lipinski definition) is 2. The van der Waals surface area contributed by atoms with Crippen molar-refractivity contribution < 1.29 is 9.53 Å². The highest BCUT2D eigenvalue weighted by Gasteiger charge is 2.36. The Labute approximate surface area is 114 Å². The predicted molar refractivity (Wildman–Crippen MR) is 74.8 cm³/mol.